The van der Waals surface area contributed by atoms with Crippen LogP contribution in [0.15, 0.2) is 85.1 Å². The first-order chi connectivity index (χ1) is 20.7. The summed E-state index contributed by atoms with van der Waals surface area (Å²) in [5.41, 5.74) is 4.54. The van der Waals surface area contributed by atoms with E-state index in [1.54, 1.807) is 18.7 Å². The van der Waals surface area contributed by atoms with E-state index < -0.39 is 17.7 Å². The number of rotatable bonds is 9. The molecule has 3 aromatic carbocycles. The van der Waals surface area contributed by atoms with Gasteiger partial charge in [-0.15, -0.1) is 5.10 Å². The molecule has 43 heavy (non-hydrogen) atoms. The summed E-state index contributed by atoms with van der Waals surface area (Å²) < 4.78 is 47.1. The Morgan fingerprint density at radius 3 is 2.09 bits per heavy atom. The summed E-state index contributed by atoms with van der Waals surface area (Å²) in [7, 11) is 1.58. The lowest BCUT2D eigenvalue weighted by atomic mass is 10.0. The zero-order valence-electron chi connectivity index (χ0n) is 23.3. The second kappa shape index (κ2) is 12.3. The molecule has 5 rings (SSSR count). The molecule has 0 aliphatic rings. The van der Waals surface area contributed by atoms with Crippen molar-refractivity contribution in [3.8, 4) is 33.8 Å². The van der Waals surface area contributed by atoms with Crippen LogP contribution >= 0.6 is 0 Å². The molecular weight excluding hydrogens is 561 g/mol. The number of carbonyl (C=O) groups excluding carboxylic acids is 2. The minimum absolute atomic E-state index is 0.0980. The van der Waals surface area contributed by atoms with Gasteiger partial charge in [0.2, 0.25) is 5.91 Å². The first-order valence-electron chi connectivity index (χ1n) is 13.4. The Morgan fingerprint density at radius 2 is 1.49 bits per heavy atom. The summed E-state index contributed by atoms with van der Waals surface area (Å²) in [6.45, 7) is 1.94. The Kier molecular flexibility index (Phi) is 8.37. The smallest absolute Gasteiger partial charge is 0.416 e. The number of nitrogens with zero attached hydrogens (tertiary/aromatic N) is 5. The van der Waals surface area contributed by atoms with Crippen LogP contribution in [-0.4, -0.2) is 50.3 Å². The van der Waals surface area contributed by atoms with Crippen LogP contribution in [0.2, 0.25) is 0 Å². The molecule has 5 aromatic rings. The van der Waals surface area contributed by atoms with E-state index in [2.05, 4.69) is 15.6 Å². The molecule has 0 saturated heterocycles. The number of carbonyl (C=O) groups is 2. The normalized spacial score (nSPS) is 11.4. The molecule has 0 bridgehead atoms. The van der Waals surface area contributed by atoms with E-state index in [9.17, 15) is 22.8 Å². The molecule has 0 radical (unpaired) electrons. The van der Waals surface area contributed by atoms with Crippen molar-refractivity contribution in [2.45, 2.75) is 25.9 Å². The van der Waals surface area contributed by atoms with Crippen molar-refractivity contribution < 1.29 is 27.5 Å². The summed E-state index contributed by atoms with van der Waals surface area (Å²) >= 11 is 0. The van der Waals surface area contributed by atoms with Crippen molar-refractivity contribution in [1.82, 2.24) is 30.1 Å². The maximum absolute atomic E-state index is 13.0. The van der Waals surface area contributed by atoms with Gasteiger partial charge in [-0.25, -0.2) is 14.2 Å². The second-order valence-electron chi connectivity index (χ2n) is 9.54. The van der Waals surface area contributed by atoms with Crippen LogP contribution in [0, 0.1) is 0 Å². The average molecular weight is 589 g/mol. The average Bonchev–Trinajstić information content (AvgIpc) is 3.68. The summed E-state index contributed by atoms with van der Waals surface area (Å²) in [6, 6.07) is 21.7. The molecule has 0 fully saturated rings. The van der Waals surface area contributed by atoms with Crippen molar-refractivity contribution in [2.75, 3.05) is 13.7 Å². The number of halogens is 3. The van der Waals surface area contributed by atoms with Gasteiger partial charge in [0.1, 0.15) is 0 Å². The highest BCUT2D eigenvalue weighted by molar-refractivity contribution is 5.86. The highest BCUT2D eigenvalue weighted by atomic mass is 19.4. The number of esters is 1. The first kappa shape index (κ1) is 29.2. The number of hydrogen-bond acceptors (Lipinski definition) is 6. The molecule has 0 spiro atoms. The summed E-state index contributed by atoms with van der Waals surface area (Å²) in [4.78, 5) is 23.8. The Hall–Kier alpha value is -5.26. The maximum atomic E-state index is 13.0. The molecule has 0 atom stereocenters. The van der Waals surface area contributed by atoms with Gasteiger partial charge < -0.3 is 10.1 Å². The number of nitrogens with one attached hydrogen (secondary N) is 1. The van der Waals surface area contributed by atoms with Gasteiger partial charge in [0.15, 0.2) is 5.69 Å². The molecule has 0 saturated carbocycles. The molecule has 12 heteroatoms. The van der Waals surface area contributed by atoms with E-state index in [1.165, 1.54) is 23.0 Å². The predicted octanol–water partition coefficient (Wildman–Crippen LogP) is 5.66. The highest BCUT2D eigenvalue weighted by Crippen LogP contribution is 2.32. The number of benzene rings is 3. The first-order valence-corrected chi connectivity index (χ1v) is 13.4. The monoisotopic (exact) mass is 588 g/mol. The molecular formula is C31H27F3N6O3. The Morgan fingerprint density at radius 1 is 0.884 bits per heavy atom. The van der Waals surface area contributed by atoms with Crippen LogP contribution in [0.1, 0.15) is 35.1 Å². The van der Waals surface area contributed by atoms with Gasteiger partial charge in [-0.2, -0.15) is 18.3 Å². The van der Waals surface area contributed by atoms with Gasteiger partial charge >= 0.3 is 12.1 Å². The number of aromatic nitrogens is 5. The van der Waals surface area contributed by atoms with E-state index in [4.69, 9.17) is 9.84 Å². The summed E-state index contributed by atoms with van der Waals surface area (Å²) in [5.74, 6) is -0.656. The topological polar surface area (TPSA) is 104 Å². The van der Waals surface area contributed by atoms with Crippen molar-refractivity contribution in [3.05, 3.63) is 102 Å². The molecule has 2 heterocycles. The van der Waals surface area contributed by atoms with Crippen molar-refractivity contribution >= 4 is 11.9 Å². The zero-order chi connectivity index (χ0) is 30.6. The van der Waals surface area contributed by atoms with Crippen LogP contribution in [0.3, 0.4) is 0 Å². The fraction of sp³-hybridized carbons (Fsp3) is 0.194. The van der Waals surface area contributed by atoms with Gasteiger partial charge in [0.05, 0.1) is 41.1 Å². The minimum Gasteiger partial charge on any atom is -0.461 e. The highest BCUT2D eigenvalue weighted by Gasteiger charge is 2.30. The van der Waals surface area contributed by atoms with Gasteiger partial charge in [-0.05, 0) is 60.5 Å². The largest absolute Gasteiger partial charge is 0.461 e. The molecule has 0 aliphatic heterocycles. The van der Waals surface area contributed by atoms with E-state index >= 15 is 0 Å². The van der Waals surface area contributed by atoms with Gasteiger partial charge in [-0.3, -0.25) is 4.79 Å². The number of amides is 1. The summed E-state index contributed by atoms with van der Waals surface area (Å²) in [5, 5.41) is 15.3. The molecule has 1 N–H and O–H groups in total. The number of alkyl halides is 3. The Bertz CT molecular complexity index is 1720. The number of ether oxygens (including phenoxy) is 1. The third-order valence-electron chi connectivity index (χ3n) is 6.71. The number of hydrogen-bond donors (Lipinski definition) is 1. The fourth-order valence-corrected chi connectivity index (χ4v) is 4.44. The number of aryl methyl sites for hydroxylation is 1. The molecule has 0 aliphatic carbocycles. The molecule has 2 aromatic heterocycles. The molecule has 1 amide bonds. The lowest BCUT2D eigenvalue weighted by molar-refractivity contribution is -0.137. The van der Waals surface area contributed by atoms with E-state index in [1.807, 2.05) is 54.6 Å². The Labute approximate surface area is 244 Å². The molecule has 220 valence electrons. The van der Waals surface area contributed by atoms with Crippen LogP contribution in [-0.2, 0) is 22.1 Å². The Balaban J connectivity index is 1.44. The fourth-order valence-electron chi connectivity index (χ4n) is 4.44. The van der Waals surface area contributed by atoms with E-state index in [0.717, 1.165) is 34.6 Å². The van der Waals surface area contributed by atoms with E-state index in [-0.39, 0.29) is 24.6 Å². The van der Waals surface area contributed by atoms with Gasteiger partial charge in [0.25, 0.3) is 0 Å². The lowest BCUT2D eigenvalue weighted by Gasteiger charge is -2.10. The predicted molar refractivity (Wildman–Crippen MR) is 153 cm³/mol. The second-order valence-corrected chi connectivity index (χ2v) is 9.54. The SMILES string of the molecule is CCOC(=O)c1cn(-c2ccc(-n3nc(CCC(=O)NC)cc3-c3ccc(-c4ccc(C(F)(F)F)cc4)cc3)cc2)nn1. The van der Waals surface area contributed by atoms with Crippen LogP contribution in [0.25, 0.3) is 33.8 Å². The van der Waals surface area contributed by atoms with Gasteiger partial charge in [-0.1, -0.05) is 41.6 Å². The molecule has 9 nitrogen and oxygen atoms in total. The van der Waals surface area contributed by atoms with Crippen molar-refractivity contribution in [1.29, 1.82) is 0 Å². The maximum Gasteiger partial charge on any atom is 0.416 e. The van der Waals surface area contributed by atoms with Crippen LogP contribution in [0.5, 0.6) is 0 Å². The van der Waals surface area contributed by atoms with Crippen LogP contribution in [0.4, 0.5) is 13.2 Å². The van der Waals surface area contributed by atoms with E-state index in [0.29, 0.717) is 23.4 Å². The van der Waals surface area contributed by atoms with Crippen molar-refractivity contribution in [3.63, 3.8) is 0 Å². The van der Waals surface area contributed by atoms with Crippen molar-refractivity contribution in [2.24, 2.45) is 0 Å². The van der Waals surface area contributed by atoms with Gasteiger partial charge in [0, 0.05) is 25.5 Å². The van der Waals surface area contributed by atoms with Crippen LogP contribution < -0.4 is 5.32 Å². The zero-order valence-corrected chi connectivity index (χ0v) is 23.3. The molecule has 0 unspecified atom stereocenters. The summed E-state index contributed by atoms with van der Waals surface area (Å²) in [6.07, 6.45) is -2.21. The third-order valence-corrected chi connectivity index (χ3v) is 6.71. The third kappa shape index (κ3) is 6.64. The quantitative estimate of drug-likeness (QED) is 0.223. The lowest BCUT2D eigenvalue weighted by Crippen LogP contribution is -2.18. The minimum atomic E-state index is -4.39. The standard InChI is InChI=1S/C31H27F3N6O3/c1-3-43-30(42)27-19-39(38-36-27)25-13-15-26(16-14-25)40-28(18-24(37-40)12-17-29(41)35-2)22-6-4-20(5-7-22)21-8-10-23(11-9-21)31(32,33)34/h4-11,13-16,18-19H,3,12,17H2,1-2H3,(H,35,41).